The molecule has 4 aromatic rings. The quantitative estimate of drug-likeness (QED) is 0.199. The van der Waals surface area contributed by atoms with E-state index >= 15 is 0 Å². The van der Waals surface area contributed by atoms with Gasteiger partial charge in [-0.15, -0.1) is 0 Å². The van der Waals surface area contributed by atoms with Crippen molar-refractivity contribution in [2.45, 2.75) is 18.9 Å². The number of benzene rings is 2. The molecule has 0 aliphatic rings. The summed E-state index contributed by atoms with van der Waals surface area (Å²) in [4.78, 5) is 12.5. The maximum atomic E-state index is 12.5. The summed E-state index contributed by atoms with van der Waals surface area (Å²) >= 11 is 0. The van der Waals surface area contributed by atoms with Crippen molar-refractivity contribution in [3.8, 4) is 11.5 Å². The van der Waals surface area contributed by atoms with Crippen molar-refractivity contribution in [3.05, 3.63) is 40.2 Å². The fourth-order valence-electron chi connectivity index (χ4n) is 3.78. The van der Waals surface area contributed by atoms with Gasteiger partial charge in [-0.05, 0) is 43.7 Å². The molecule has 1 atom stereocenters. The van der Waals surface area contributed by atoms with Gasteiger partial charge in [0.2, 0.25) is 0 Å². The first-order valence-corrected chi connectivity index (χ1v) is 9.45. The van der Waals surface area contributed by atoms with Crippen molar-refractivity contribution < 1.29 is 15.3 Å². The fourth-order valence-corrected chi connectivity index (χ4v) is 3.78. The molecule has 9 heteroatoms. The summed E-state index contributed by atoms with van der Waals surface area (Å²) in [5, 5.41) is 39.7. The average molecular weight is 397 g/mol. The van der Waals surface area contributed by atoms with Crippen LogP contribution >= 0.6 is 0 Å². The predicted molar refractivity (Wildman–Crippen MR) is 112 cm³/mol. The van der Waals surface area contributed by atoms with Crippen LogP contribution in [-0.2, 0) is 0 Å². The lowest BCUT2D eigenvalue weighted by atomic mass is 10.0. The Kier molecular flexibility index (Phi) is 4.87. The molecule has 0 bridgehead atoms. The average Bonchev–Trinajstić information content (AvgIpc) is 3.08. The number of aliphatic hydroxyl groups is 1. The fraction of sp³-hybridized carbons (Fsp3) is 0.300. The van der Waals surface area contributed by atoms with Crippen LogP contribution in [0.2, 0.25) is 0 Å². The zero-order valence-electron chi connectivity index (χ0n) is 15.7. The molecule has 8 N–H and O–H groups in total. The summed E-state index contributed by atoms with van der Waals surface area (Å²) < 4.78 is 1.46. The molecule has 0 spiro atoms. The smallest absolute Gasteiger partial charge is 0.192 e. The van der Waals surface area contributed by atoms with Crippen LogP contribution in [0.25, 0.3) is 27.2 Å². The number of hydrogen-bond donors (Lipinski definition) is 6. The van der Waals surface area contributed by atoms with Crippen LogP contribution in [0.3, 0.4) is 0 Å². The van der Waals surface area contributed by atoms with Crippen LogP contribution in [0.15, 0.2) is 29.1 Å². The number of aromatic nitrogens is 2. The standard InChI is InChI=1S/C20H23N5O4/c21-7-1-8-23-12-3-2-10-17(11(22)6-9-26)24-25-18(10)15(12)20(29)16-13(27)4-5-14(28)19(16)25/h2-5,11,23,26,28-29H,1,6-9,21-22H2. The van der Waals surface area contributed by atoms with E-state index in [4.69, 9.17) is 11.5 Å². The normalized spacial score (nSPS) is 12.9. The lowest BCUT2D eigenvalue weighted by Gasteiger charge is -2.14. The topological polar surface area (TPSA) is 159 Å². The number of fused-ring (bicyclic) bond motifs is 2. The van der Waals surface area contributed by atoms with E-state index in [-0.39, 0.29) is 29.0 Å². The van der Waals surface area contributed by atoms with Crippen molar-refractivity contribution in [2.24, 2.45) is 11.5 Å². The number of aliphatic hydroxyl groups excluding tert-OH is 1. The summed E-state index contributed by atoms with van der Waals surface area (Å²) in [6.07, 6.45) is 1.03. The second kappa shape index (κ2) is 7.36. The third kappa shape index (κ3) is 2.91. The van der Waals surface area contributed by atoms with E-state index in [2.05, 4.69) is 10.4 Å². The maximum absolute atomic E-state index is 12.5. The van der Waals surface area contributed by atoms with Crippen molar-refractivity contribution in [2.75, 3.05) is 25.0 Å². The van der Waals surface area contributed by atoms with E-state index in [0.29, 0.717) is 47.2 Å². The van der Waals surface area contributed by atoms with Crippen molar-refractivity contribution in [1.29, 1.82) is 0 Å². The second-order valence-corrected chi connectivity index (χ2v) is 7.02. The molecule has 2 aromatic carbocycles. The molecule has 0 aliphatic carbocycles. The van der Waals surface area contributed by atoms with Gasteiger partial charge in [-0.25, -0.2) is 4.52 Å². The van der Waals surface area contributed by atoms with E-state index in [9.17, 15) is 20.1 Å². The minimum Gasteiger partial charge on any atom is -0.506 e. The van der Waals surface area contributed by atoms with Crippen molar-refractivity contribution in [3.63, 3.8) is 0 Å². The maximum Gasteiger partial charge on any atom is 0.192 e. The molecule has 0 radical (unpaired) electrons. The minimum absolute atomic E-state index is 0.0164. The number of nitrogens with two attached hydrogens (primary N) is 2. The zero-order valence-corrected chi connectivity index (χ0v) is 15.7. The first-order chi connectivity index (χ1) is 14.0. The third-order valence-corrected chi connectivity index (χ3v) is 5.16. The lowest BCUT2D eigenvalue weighted by Crippen LogP contribution is -2.13. The number of anilines is 1. The van der Waals surface area contributed by atoms with Gasteiger partial charge < -0.3 is 32.1 Å². The highest BCUT2D eigenvalue weighted by Crippen LogP contribution is 2.42. The van der Waals surface area contributed by atoms with Crippen LogP contribution in [0, 0.1) is 0 Å². The third-order valence-electron chi connectivity index (χ3n) is 5.16. The largest absolute Gasteiger partial charge is 0.506 e. The van der Waals surface area contributed by atoms with Crippen molar-refractivity contribution >= 4 is 32.9 Å². The molecule has 152 valence electrons. The number of pyridine rings is 1. The second-order valence-electron chi connectivity index (χ2n) is 7.02. The molecule has 0 fully saturated rings. The van der Waals surface area contributed by atoms with Gasteiger partial charge in [0, 0.05) is 24.2 Å². The van der Waals surface area contributed by atoms with Crippen LogP contribution < -0.4 is 22.2 Å². The summed E-state index contributed by atoms with van der Waals surface area (Å²) in [7, 11) is 0. The van der Waals surface area contributed by atoms with Crippen LogP contribution in [-0.4, -0.2) is 44.6 Å². The first-order valence-electron chi connectivity index (χ1n) is 9.45. The Morgan fingerprint density at radius 1 is 1.14 bits per heavy atom. The summed E-state index contributed by atoms with van der Waals surface area (Å²) in [5.74, 6) is -0.401. The predicted octanol–water partition coefficient (Wildman–Crippen LogP) is 0.993. The monoisotopic (exact) mass is 397 g/mol. The molecule has 0 aliphatic heterocycles. The molecule has 9 nitrogen and oxygen atoms in total. The Hall–Kier alpha value is -3.14. The number of rotatable bonds is 7. The molecule has 1 unspecified atom stereocenters. The number of hydrogen-bond acceptors (Lipinski definition) is 8. The number of nitrogens with one attached hydrogen (secondary N) is 1. The molecule has 0 amide bonds. The van der Waals surface area contributed by atoms with Gasteiger partial charge in [0.25, 0.3) is 0 Å². The molecule has 0 saturated heterocycles. The number of aromatic hydroxyl groups is 2. The number of phenols is 1. The SMILES string of the molecule is NCCCNc1ccc2c(C(N)CCO)nn3c4c(O)ccc(=O)c4c(O)c1c23. The van der Waals surface area contributed by atoms with Gasteiger partial charge in [0.15, 0.2) is 5.43 Å². The van der Waals surface area contributed by atoms with Gasteiger partial charge in [-0.2, -0.15) is 5.10 Å². The van der Waals surface area contributed by atoms with Gasteiger partial charge in [-0.3, -0.25) is 4.79 Å². The van der Waals surface area contributed by atoms with Gasteiger partial charge in [0.1, 0.15) is 17.0 Å². The molecular formula is C20H23N5O4. The summed E-state index contributed by atoms with van der Waals surface area (Å²) in [6, 6.07) is 5.57. The molecule has 29 heavy (non-hydrogen) atoms. The Labute approximate surface area is 165 Å². The number of phenolic OH excluding ortho intramolecular Hbond substituents is 1. The van der Waals surface area contributed by atoms with Gasteiger partial charge in [0.05, 0.1) is 28.0 Å². The Bertz CT molecular complexity index is 1250. The Balaban J connectivity index is 2.15. The van der Waals surface area contributed by atoms with E-state index in [0.717, 1.165) is 6.42 Å². The highest BCUT2D eigenvalue weighted by Gasteiger charge is 2.25. The van der Waals surface area contributed by atoms with Crippen molar-refractivity contribution in [1.82, 2.24) is 9.61 Å². The van der Waals surface area contributed by atoms with Crippen LogP contribution in [0.5, 0.6) is 11.5 Å². The first kappa shape index (κ1) is 19.2. The molecular weight excluding hydrogens is 374 g/mol. The molecule has 4 rings (SSSR count). The highest BCUT2D eigenvalue weighted by molar-refractivity contribution is 6.14. The molecule has 2 heterocycles. The van der Waals surface area contributed by atoms with Crippen LogP contribution in [0.1, 0.15) is 24.6 Å². The Morgan fingerprint density at radius 3 is 2.66 bits per heavy atom. The zero-order chi connectivity index (χ0) is 20.7. The van der Waals surface area contributed by atoms with E-state index in [1.807, 2.05) is 6.07 Å². The Morgan fingerprint density at radius 2 is 1.93 bits per heavy atom. The number of nitrogens with zero attached hydrogens (tertiary/aromatic N) is 2. The van der Waals surface area contributed by atoms with Gasteiger partial charge in [-0.1, -0.05) is 0 Å². The summed E-state index contributed by atoms with van der Waals surface area (Å²) in [6.45, 7) is 0.995. The van der Waals surface area contributed by atoms with E-state index < -0.39 is 11.5 Å². The highest BCUT2D eigenvalue weighted by atomic mass is 16.3. The molecule has 2 aromatic heterocycles. The van der Waals surface area contributed by atoms with Crippen LogP contribution in [0.4, 0.5) is 5.69 Å². The summed E-state index contributed by atoms with van der Waals surface area (Å²) in [5.41, 5.74) is 13.1. The lowest BCUT2D eigenvalue weighted by molar-refractivity contribution is 0.276. The van der Waals surface area contributed by atoms with E-state index in [1.165, 1.54) is 16.6 Å². The molecule has 0 saturated carbocycles. The minimum atomic E-state index is -0.547. The van der Waals surface area contributed by atoms with Gasteiger partial charge >= 0.3 is 0 Å². The van der Waals surface area contributed by atoms with E-state index in [1.54, 1.807) is 6.07 Å².